The highest BCUT2D eigenvalue weighted by Gasteiger charge is 2.82. The molecule has 2 saturated carbocycles. The standard InChI is InChI=1S/C44H46N4O2/c1-3-18-47-20-16-43-30-11-5-7-13-32(30)45-39(43)37-27(24-35(43)47)10-9-22-49-41(37)46-33-14-8-6-12-31(33)44-17-21-48(19-4-2)34(26-47)28-15-23-50-42(45)38(40(44)46)29(28)25-36(44)48/h1-2,5-15,27,29,34-42H,16-26H2/q+2/t27-,29-,34?,35-,36-,37+,38-,39+,40-,41+,42+,43-,44-,47+,48-/m0/s1. The number of quaternary nitrogens is 2. The van der Waals surface area contributed by atoms with Gasteiger partial charge in [0.15, 0.2) is 6.04 Å². The molecule has 50 heavy (non-hydrogen) atoms. The highest BCUT2D eigenvalue weighted by Crippen LogP contribution is 2.73. The Kier molecular flexibility index (Phi) is 5.01. The summed E-state index contributed by atoms with van der Waals surface area (Å²) in [6.07, 6.45) is 25.2. The smallest absolute Gasteiger partial charge is 0.162 e. The average molecular weight is 663 g/mol. The monoisotopic (exact) mass is 662 g/mol. The summed E-state index contributed by atoms with van der Waals surface area (Å²) in [4.78, 5) is 5.85. The van der Waals surface area contributed by atoms with Gasteiger partial charge in [0.05, 0.1) is 49.2 Å². The minimum atomic E-state index is -0.0232. The van der Waals surface area contributed by atoms with Crippen LogP contribution in [0.2, 0.25) is 0 Å². The molecule has 13 rings (SSSR count). The molecule has 15 atom stereocenters. The van der Waals surface area contributed by atoms with E-state index in [4.69, 9.17) is 22.3 Å². The molecule has 2 aromatic rings. The lowest BCUT2D eigenvalue weighted by atomic mass is 9.52. The number of rotatable bonds is 2. The highest BCUT2D eigenvalue weighted by atomic mass is 16.5. The first kappa shape index (κ1) is 28.1. The van der Waals surface area contributed by atoms with E-state index >= 15 is 0 Å². The van der Waals surface area contributed by atoms with Crippen LogP contribution in [0.5, 0.6) is 0 Å². The van der Waals surface area contributed by atoms with E-state index in [0.29, 0.717) is 55.0 Å². The van der Waals surface area contributed by atoms with Crippen LogP contribution in [0.3, 0.4) is 0 Å². The van der Waals surface area contributed by atoms with E-state index < -0.39 is 0 Å². The summed E-state index contributed by atoms with van der Waals surface area (Å²) >= 11 is 0. The van der Waals surface area contributed by atoms with Gasteiger partial charge in [-0.15, -0.1) is 12.8 Å². The summed E-state index contributed by atoms with van der Waals surface area (Å²) in [6, 6.07) is 20.9. The zero-order valence-electron chi connectivity index (χ0n) is 28.7. The third-order valence-corrected chi connectivity index (χ3v) is 17.4. The lowest BCUT2D eigenvalue weighted by Gasteiger charge is -2.64. The largest absolute Gasteiger partial charge is 0.354 e. The van der Waals surface area contributed by atoms with Crippen LogP contribution in [-0.4, -0.2) is 97.6 Å². The molecular formula is C44H46N4O2+2. The second-order valence-corrected chi connectivity index (χ2v) is 18.0. The molecular weight excluding hydrogens is 617 g/mol. The van der Waals surface area contributed by atoms with Crippen molar-refractivity contribution in [2.45, 2.75) is 79.2 Å². The zero-order chi connectivity index (χ0) is 32.8. The number of nitrogens with zero attached hydrogens (tertiary/aromatic N) is 4. The van der Waals surface area contributed by atoms with Crippen molar-refractivity contribution in [1.29, 1.82) is 0 Å². The van der Waals surface area contributed by atoms with Gasteiger partial charge < -0.3 is 23.8 Å². The molecule has 6 heteroatoms. The van der Waals surface area contributed by atoms with Gasteiger partial charge >= 0.3 is 0 Å². The minimum Gasteiger partial charge on any atom is -0.354 e. The quantitative estimate of drug-likeness (QED) is 0.268. The van der Waals surface area contributed by atoms with Crippen molar-refractivity contribution in [3.63, 3.8) is 0 Å². The maximum absolute atomic E-state index is 7.50. The number of hydrogen-bond donors (Lipinski definition) is 0. The Bertz CT molecular complexity index is 2010. The Balaban J connectivity index is 1.23. The van der Waals surface area contributed by atoms with E-state index in [9.17, 15) is 0 Å². The number of benzene rings is 2. The van der Waals surface area contributed by atoms with Crippen LogP contribution in [0.25, 0.3) is 0 Å². The van der Waals surface area contributed by atoms with Gasteiger partial charge in [0, 0.05) is 54.8 Å². The molecule has 11 aliphatic rings. The van der Waals surface area contributed by atoms with Gasteiger partial charge in [-0.2, -0.15) is 0 Å². The van der Waals surface area contributed by atoms with Crippen molar-refractivity contribution in [2.24, 2.45) is 23.7 Å². The van der Waals surface area contributed by atoms with Crippen molar-refractivity contribution in [2.75, 3.05) is 55.7 Å². The number of fused-ring (bicyclic) bond motifs is 5. The van der Waals surface area contributed by atoms with Crippen LogP contribution in [0.15, 0.2) is 72.3 Å². The fourth-order valence-corrected chi connectivity index (χ4v) is 16.4. The van der Waals surface area contributed by atoms with E-state index in [1.165, 1.54) is 24.2 Å². The number of hydrogen-bond acceptors (Lipinski definition) is 4. The maximum Gasteiger partial charge on any atom is 0.162 e. The Hall–Kier alpha value is -3.52. The molecule has 2 aromatic carbocycles. The maximum atomic E-state index is 7.50. The van der Waals surface area contributed by atoms with Gasteiger partial charge in [-0.25, -0.2) is 0 Å². The van der Waals surface area contributed by atoms with Gasteiger partial charge in [0.1, 0.15) is 44.2 Å². The normalized spacial score (nSPS) is 50.9. The van der Waals surface area contributed by atoms with Gasteiger partial charge in [0.25, 0.3) is 0 Å². The molecule has 7 fully saturated rings. The van der Waals surface area contributed by atoms with Crippen LogP contribution in [0, 0.1) is 48.4 Å². The molecule has 11 bridgehead atoms. The SMILES string of the molecule is C#CC[N@@+]12CC[C@]34c5ccccc5N5[C@@H]6OCC=C7C(C1)[N@+]1(CC#C)CC[C@@]89c%10ccccc%10N([C@@H]%10OCC=C[C@@H](C[C@@H]32)[C@@H]%10[C@@H]54)[C@H]8[C@@H]6[C@H]7C[C@@H]91. The second-order valence-electron chi connectivity index (χ2n) is 18.0. The molecule has 9 aliphatic heterocycles. The number of terminal acetylenes is 2. The van der Waals surface area contributed by atoms with Gasteiger partial charge in [-0.3, -0.25) is 4.48 Å². The predicted molar refractivity (Wildman–Crippen MR) is 192 cm³/mol. The molecule has 2 aliphatic carbocycles. The third kappa shape index (κ3) is 2.70. The number of ether oxygens (including phenoxy) is 2. The molecule has 252 valence electrons. The fraction of sp³-hybridized carbons (Fsp3) is 0.545. The van der Waals surface area contributed by atoms with Crippen molar-refractivity contribution in [3.8, 4) is 24.7 Å². The van der Waals surface area contributed by atoms with Crippen LogP contribution in [0.4, 0.5) is 11.4 Å². The summed E-state index contributed by atoms with van der Waals surface area (Å²) in [5.41, 5.74) is 7.62. The van der Waals surface area contributed by atoms with Crippen LogP contribution in [0.1, 0.15) is 36.8 Å². The first-order valence-corrected chi connectivity index (χ1v) is 19.6. The van der Waals surface area contributed by atoms with Crippen molar-refractivity contribution in [1.82, 2.24) is 0 Å². The van der Waals surface area contributed by atoms with Gasteiger partial charge in [-0.1, -0.05) is 54.6 Å². The minimum absolute atomic E-state index is 0.00591. The fourth-order valence-electron chi connectivity index (χ4n) is 16.4. The molecule has 1 unspecified atom stereocenters. The average Bonchev–Trinajstić information content (AvgIpc) is 3.72. The molecule has 0 aromatic heterocycles. The lowest BCUT2D eigenvalue weighted by molar-refractivity contribution is -1.01. The molecule has 2 spiro atoms. The summed E-state index contributed by atoms with van der Waals surface area (Å²) < 4.78 is 16.9. The van der Waals surface area contributed by atoms with E-state index in [-0.39, 0.29) is 35.4 Å². The summed E-state index contributed by atoms with van der Waals surface area (Å²) in [6.45, 7) is 6.28. The predicted octanol–water partition coefficient (Wildman–Crippen LogP) is 4.56. The highest BCUT2D eigenvalue weighted by molar-refractivity contribution is 5.72. The van der Waals surface area contributed by atoms with E-state index in [1.54, 1.807) is 16.7 Å². The number of piperidine rings is 1. The zero-order valence-corrected chi connectivity index (χ0v) is 28.7. The Morgan fingerprint density at radius 2 is 1.46 bits per heavy atom. The molecule has 6 nitrogen and oxygen atoms in total. The molecule has 0 amide bonds. The van der Waals surface area contributed by atoms with Crippen LogP contribution >= 0.6 is 0 Å². The Morgan fingerprint density at radius 1 is 0.780 bits per heavy atom. The van der Waals surface area contributed by atoms with Gasteiger partial charge in [-0.05, 0) is 46.6 Å². The van der Waals surface area contributed by atoms with Crippen molar-refractivity contribution in [3.05, 3.63) is 83.5 Å². The second kappa shape index (κ2) is 8.91. The first-order chi connectivity index (χ1) is 24.6. The Labute approximate surface area is 295 Å². The topological polar surface area (TPSA) is 24.9 Å². The molecule has 5 saturated heterocycles. The van der Waals surface area contributed by atoms with Crippen molar-refractivity contribution < 1.29 is 18.4 Å². The summed E-state index contributed by atoms with van der Waals surface area (Å²) in [7, 11) is 0. The van der Waals surface area contributed by atoms with E-state index in [0.717, 1.165) is 54.5 Å². The van der Waals surface area contributed by atoms with Crippen molar-refractivity contribution >= 4 is 11.4 Å². The number of anilines is 2. The third-order valence-electron chi connectivity index (χ3n) is 17.4. The first-order valence-electron chi connectivity index (χ1n) is 19.6. The molecule has 0 N–H and O–H groups in total. The number of para-hydroxylation sites is 2. The van der Waals surface area contributed by atoms with Crippen LogP contribution in [-0.2, 0) is 20.3 Å². The van der Waals surface area contributed by atoms with E-state index in [2.05, 4.69) is 88.4 Å². The van der Waals surface area contributed by atoms with Crippen LogP contribution < -0.4 is 9.80 Å². The van der Waals surface area contributed by atoms with E-state index in [1.807, 2.05) is 0 Å². The molecule has 0 radical (unpaired) electrons. The molecule has 9 heterocycles. The lowest BCUT2D eigenvalue weighted by Crippen LogP contribution is -2.77. The number of allylic oxidation sites excluding steroid dienone is 1. The summed E-state index contributed by atoms with van der Waals surface area (Å²) in [5, 5.41) is 0. The van der Waals surface area contributed by atoms with Gasteiger partial charge in [0.2, 0.25) is 0 Å². The Morgan fingerprint density at radius 3 is 2.24 bits per heavy atom. The summed E-state index contributed by atoms with van der Waals surface area (Å²) in [5.74, 6) is 8.14.